The van der Waals surface area contributed by atoms with Gasteiger partial charge in [-0.1, -0.05) is 0 Å². The van der Waals surface area contributed by atoms with E-state index in [-0.39, 0.29) is 6.10 Å². The molecule has 0 aromatic carbocycles. The van der Waals surface area contributed by atoms with Crippen LogP contribution >= 0.6 is 0 Å². The number of aromatic nitrogens is 2. The van der Waals surface area contributed by atoms with E-state index in [1.807, 2.05) is 12.4 Å². The fourth-order valence-electron chi connectivity index (χ4n) is 1.77. The van der Waals surface area contributed by atoms with Crippen LogP contribution in [0, 0.1) is 5.92 Å². The zero-order valence-corrected chi connectivity index (χ0v) is 9.19. The van der Waals surface area contributed by atoms with Gasteiger partial charge in [-0.15, -0.1) is 0 Å². The highest BCUT2D eigenvalue weighted by atomic mass is 16.3. The normalized spacial score (nSPS) is 18.0. The Balaban J connectivity index is 1.72. The molecule has 1 aromatic rings. The first-order chi connectivity index (χ1) is 7.31. The number of hydrogen-bond acceptors (Lipinski definition) is 3. The Morgan fingerprint density at radius 1 is 1.67 bits per heavy atom. The van der Waals surface area contributed by atoms with Crippen molar-refractivity contribution in [2.24, 2.45) is 5.92 Å². The van der Waals surface area contributed by atoms with Crippen LogP contribution in [-0.4, -0.2) is 27.3 Å². The lowest BCUT2D eigenvalue weighted by atomic mass is 10.2. The van der Waals surface area contributed by atoms with Gasteiger partial charge in [-0.3, -0.25) is 0 Å². The summed E-state index contributed by atoms with van der Waals surface area (Å²) in [4.78, 5) is 4.26. The van der Waals surface area contributed by atoms with E-state index in [0.717, 1.165) is 18.9 Å². The van der Waals surface area contributed by atoms with Crippen LogP contribution in [-0.2, 0) is 13.1 Å². The minimum absolute atomic E-state index is 0.171. The van der Waals surface area contributed by atoms with Crippen molar-refractivity contribution in [3.63, 3.8) is 0 Å². The summed E-state index contributed by atoms with van der Waals surface area (Å²) >= 11 is 0. The van der Waals surface area contributed by atoms with Crippen molar-refractivity contribution < 1.29 is 5.11 Å². The zero-order chi connectivity index (χ0) is 10.7. The van der Waals surface area contributed by atoms with E-state index < -0.39 is 0 Å². The predicted molar refractivity (Wildman–Crippen MR) is 58.3 cm³/mol. The number of aliphatic hydroxyl groups is 1. The van der Waals surface area contributed by atoms with Gasteiger partial charge in [-0.25, -0.2) is 4.98 Å². The molecule has 1 unspecified atom stereocenters. The van der Waals surface area contributed by atoms with Crippen LogP contribution in [0.25, 0.3) is 0 Å². The minimum atomic E-state index is -0.171. The van der Waals surface area contributed by atoms with Gasteiger partial charge in [0.1, 0.15) is 5.82 Å². The molecule has 1 aliphatic rings. The number of imidazole rings is 1. The first-order valence-electron chi connectivity index (χ1n) is 5.70. The van der Waals surface area contributed by atoms with E-state index in [0.29, 0.717) is 12.5 Å². The fourth-order valence-corrected chi connectivity index (χ4v) is 1.77. The molecule has 1 aromatic heterocycles. The average molecular weight is 209 g/mol. The van der Waals surface area contributed by atoms with Gasteiger partial charge in [0.15, 0.2) is 0 Å². The predicted octanol–water partition coefficient (Wildman–Crippen LogP) is 0.763. The third-order valence-corrected chi connectivity index (χ3v) is 2.95. The fraction of sp³-hybridized carbons (Fsp3) is 0.727. The summed E-state index contributed by atoms with van der Waals surface area (Å²) in [5.41, 5.74) is 0. The highest BCUT2D eigenvalue weighted by Crippen LogP contribution is 2.32. The van der Waals surface area contributed by atoms with Crippen molar-refractivity contribution in [3.8, 4) is 0 Å². The summed E-state index contributed by atoms with van der Waals surface area (Å²) in [5, 5.41) is 12.9. The van der Waals surface area contributed by atoms with Gasteiger partial charge < -0.3 is 15.0 Å². The Kier molecular flexibility index (Phi) is 3.38. The maximum atomic E-state index is 9.65. The van der Waals surface area contributed by atoms with Crippen molar-refractivity contribution in [2.45, 2.75) is 39.0 Å². The highest BCUT2D eigenvalue weighted by Gasteiger charge is 2.29. The first kappa shape index (κ1) is 10.6. The monoisotopic (exact) mass is 209 g/mol. The van der Waals surface area contributed by atoms with Crippen molar-refractivity contribution in [1.29, 1.82) is 0 Å². The molecule has 2 rings (SSSR count). The van der Waals surface area contributed by atoms with E-state index in [1.165, 1.54) is 12.8 Å². The summed E-state index contributed by atoms with van der Waals surface area (Å²) in [5.74, 6) is 1.59. The molecule has 1 heterocycles. The summed E-state index contributed by atoms with van der Waals surface area (Å²) in [6.07, 6.45) is 6.00. The van der Waals surface area contributed by atoms with Gasteiger partial charge in [-0.2, -0.15) is 0 Å². The van der Waals surface area contributed by atoms with Crippen molar-refractivity contribution in [2.75, 3.05) is 6.54 Å². The molecular weight excluding hydrogens is 190 g/mol. The molecule has 0 saturated heterocycles. The second kappa shape index (κ2) is 4.77. The maximum Gasteiger partial charge on any atom is 0.122 e. The van der Waals surface area contributed by atoms with E-state index in [2.05, 4.69) is 21.8 Å². The molecule has 0 bridgehead atoms. The second-order valence-corrected chi connectivity index (χ2v) is 4.17. The molecule has 1 atom stereocenters. The van der Waals surface area contributed by atoms with Gasteiger partial charge in [0.2, 0.25) is 0 Å². The van der Waals surface area contributed by atoms with E-state index in [4.69, 9.17) is 0 Å². The van der Waals surface area contributed by atoms with Crippen LogP contribution in [0.5, 0.6) is 0 Å². The van der Waals surface area contributed by atoms with E-state index in [1.54, 1.807) is 0 Å². The van der Waals surface area contributed by atoms with Gasteiger partial charge in [-0.05, 0) is 25.7 Å². The van der Waals surface area contributed by atoms with Gasteiger partial charge in [0.25, 0.3) is 0 Å². The molecule has 2 N–H and O–H groups in total. The first-order valence-corrected chi connectivity index (χ1v) is 5.70. The quantitative estimate of drug-likeness (QED) is 0.727. The topological polar surface area (TPSA) is 50.1 Å². The third-order valence-electron chi connectivity index (χ3n) is 2.95. The van der Waals surface area contributed by atoms with Gasteiger partial charge in [0, 0.05) is 25.5 Å². The number of aryl methyl sites for hydroxylation is 1. The molecule has 1 saturated carbocycles. The van der Waals surface area contributed by atoms with Crippen molar-refractivity contribution in [3.05, 3.63) is 18.2 Å². The SMILES string of the molecule is CCn1ccnc1CNCC(O)C1CC1. The van der Waals surface area contributed by atoms with Crippen LogP contribution in [0.1, 0.15) is 25.6 Å². The Morgan fingerprint density at radius 2 is 2.47 bits per heavy atom. The van der Waals surface area contributed by atoms with E-state index in [9.17, 15) is 5.11 Å². The molecule has 84 valence electrons. The molecule has 15 heavy (non-hydrogen) atoms. The molecule has 0 radical (unpaired) electrons. The summed E-state index contributed by atoms with van der Waals surface area (Å²) in [7, 11) is 0. The lowest BCUT2D eigenvalue weighted by Crippen LogP contribution is -2.28. The maximum absolute atomic E-state index is 9.65. The largest absolute Gasteiger partial charge is 0.392 e. The molecule has 4 heteroatoms. The highest BCUT2D eigenvalue weighted by molar-refractivity contribution is 4.92. The van der Waals surface area contributed by atoms with Gasteiger partial charge >= 0.3 is 0 Å². The van der Waals surface area contributed by atoms with Crippen LogP contribution in [0.3, 0.4) is 0 Å². The number of nitrogens with zero attached hydrogens (tertiary/aromatic N) is 2. The molecule has 0 aliphatic heterocycles. The molecule has 0 spiro atoms. The third kappa shape index (κ3) is 2.79. The second-order valence-electron chi connectivity index (χ2n) is 4.17. The van der Waals surface area contributed by atoms with Crippen LogP contribution < -0.4 is 5.32 Å². The molecule has 1 aliphatic carbocycles. The molecule has 4 nitrogen and oxygen atoms in total. The van der Waals surface area contributed by atoms with Gasteiger partial charge in [0.05, 0.1) is 12.6 Å². The summed E-state index contributed by atoms with van der Waals surface area (Å²) < 4.78 is 2.11. The Morgan fingerprint density at radius 3 is 3.13 bits per heavy atom. The number of rotatable bonds is 6. The molecule has 0 amide bonds. The van der Waals surface area contributed by atoms with Crippen LogP contribution in [0.4, 0.5) is 0 Å². The smallest absolute Gasteiger partial charge is 0.122 e. The molecule has 1 fully saturated rings. The average Bonchev–Trinajstić information content (AvgIpc) is 2.99. The van der Waals surface area contributed by atoms with Crippen molar-refractivity contribution >= 4 is 0 Å². The lowest BCUT2D eigenvalue weighted by Gasteiger charge is -2.10. The lowest BCUT2D eigenvalue weighted by molar-refractivity contribution is 0.148. The molecular formula is C11H19N3O. The van der Waals surface area contributed by atoms with Crippen LogP contribution in [0.15, 0.2) is 12.4 Å². The standard InChI is InChI=1S/C11H19N3O/c1-2-14-6-5-13-11(14)8-12-7-10(15)9-3-4-9/h5-6,9-10,12,15H,2-4,7-8H2,1H3. The number of hydrogen-bond donors (Lipinski definition) is 2. The zero-order valence-electron chi connectivity index (χ0n) is 9.19. The van der Waals surface area contributed by atoms with E-state index >= 15 is 0 Å². The summed E-state index contributed by atoms with van der Waals surface area (Å²) in [6.45, 7) is 4.47. The Bertz CT molecular complexity index is 307. The number of nitrogens with one attached hydrogen (secondary N) is 1. The number of aliphatic hydroxyl groups excluding tert-OH is 1. The summed E-state index contributed by atoms with van der Waals surface area (Å²) in [6, 6.07) is 0. The minimum Gasteiger partial charge on any atom is -0.392 e. The Labute approximate surface area is 90.3 Å². The van der Waals surface area contributed by atoms with Crippen LogP contribution in [0.2, 0.25) is 0 Å². The van der Waals surface area contributed by atoms with Crippen molar-refractivity contribution in [1.82, 2.24) is 14.9 Å². The Hall–Kier alpha value is -0.870.